The quantitative estimate of drug-likeness (QED) is 0.910. The van der Waals surface area contributed by atoms with Gasteiger partial charge < -0.3 is 5.32 Å². The van der Waals surface area contributed by atoms with Crippen LogP contribution in [-0.4, -0.2) is 5.91 Å². The number of halogens is 3. The summed E-state index contributed by atoms with van der Waals surface area (Å²) in [6.07, 6.45) is 0. The van der Waals surface area contributed by atoms with Crippen molar-refractivity contribution in [2.75, 3.05) is 5.32 Å². The molecule has 0 saturated heterocycles. The van der Waals surface area contributed by atoms with Gasteiger partial charge in [0, 0.05) is 10.5 Å². The van der Waals surface area contributed by atoms with Gasteiger partial charge in [-0.2, -0.15) is 5.26 Å². The Morgan fingerprint density at radius 2 is 2.19 bits per heavy atom. The molecule has 1 rings (SSSR count). The van der Waals surface area contributed by atoms with Gasteiger partial charge in [-0.3, -0.25) is 4.79 Å². The van der Waals surface area contributed by atoms with Crippen LogP contribution in [0.4, 0.5) is 14.5 Å². The summed E-state index contributed by atoms with van der Waals surface area (Å²) in [6.45, 7) is 1.38. The maximum Gasteiger partial charge on any atom is 0.241 e. The van der Waals surface area contributed by atoms with E-state index in [1.807, 2.05) is 0 Å². The maximum absolute atomic E-state index is 13.3. The van der Waals surface area contributed by atoms with Crippen LogP contribution in [-0.2, 0) is 4.79 Å². The van der Waals surface area contributed by atoms with Gasteiger partial charge in [0.1, 0.15) is 11.7 Å². The first-order valence-electron chi connectivity index (χ1n) is 4.30. The third-order valence-electron chi connectivity index (χ3n) is 1.84. The summed E-state index contributed by atoms with van der Waals surface area (Å²) in [5.41, 5.74) is -0.173. The van der Waals surface area contributed by atoms with Gasteiger partial charge in [0.15, 0.2) is 5.82 Å². The average molecular weight is 289 g/mol. The van der Waals surface area contributed by atoms with E-state index in [0.717, 1.165) is 6.07 Å². The number of rotatable bonds is 2. The molecule has 0 aliphatic carbocycles. The van der Waals surface area contributed by atoms with Crippen LogP contribution in [0.1, 0.15) is 6.92 Å². The number of nitrogens with one attached hydrogen (secondary N) is 1. The second-order valence-electron chi connectivity index (χ2n) is 3.08. The third kappa shape index (κ3) is 2.76. The molecule has 16 heavy (non-hydrogen) atoms. The maximum atomic E-state index is 13.3. The molecule has 1 atom stereocenters. The van der Waals surface area contributed by atoms with Gasteiger partial charge in [-0.25, -0.2) is 8.78 Å². The summed E-state index contributed by atoms with van der Waals surface area (Å²) in [6, 6.07) is 3.39. The van der Waals surface area contributed by atoms with E-state index in [1.165, 1.54) is 6.92 Å². The number of benzene rings is 1. The van der Waals surface area contributed by atoms with Crippen molar-refractivity contribution in [3.8, 4) is 6.07 Å². The predicted octanol–water partition coefficient (Wildman–Crippen LogP) is 2.83. The Morgan fingerprint density at radius 1 is 1.56 bits per heavy atom. The highest BCUT2D eigenvalue weighted by Crippen LogP contribution is 2.27. The lowest BCUT2D eigenvalue weighted by molar-refractivity contribution is -0.117. The minimum atomic E-state index is -0.906. The molecule has 0 radical (unpaired) electrons. The first-order chi connectivity index (χ1) is 7.45. The van der Waals surface area contributed by atoms with Gasteiger partial charge in [0.25, 0.3) is 0 Å². The second kappa shape index (κ2) is 5.03. The first kappa shape index (κ1) is 12.6. The van der Waals surface area contributed by atoms with Crippen LogP contribution >= 0.6 is 15.9 Å². The molecule has 1 aromatic carbocycles. The number of carbonyl (C=O) groups is 1. The number of nitriles is 1. The molecule has 0 aromatic heterocycles. The van der Waals surface area contributed by atoms with E-state index in [-0.39, 0.29) is 10.2 Å². The molecular weight excluding hydrogens is 282 g/mol. The Hall–Kier alpha value is -1.48. The van der Waals surface area contributed by atoms with E-state index >= 15 is 0 Å². The van der Waals surface area contributed by atoms with Gasteiger partial charge in [-0.15, -0.1) is 0 Å². The van der Waals surface area contributed by atoms with Gasteiger partial charge in [0.05, 0.1) is 11.8 Å². The molecule has 84 valence electrons. The Labute approximate surface area is 99.2 Å². The van der Waals surface area contributed by atoms with Crippen LogP contribution in [0.25, 0.3) is 0 Å². The largest absolute Gasteiger partial charge is 0.322 e. The van der Waals surface area contributed by atoms with E-state index in [4.69, 9.17) is 5.26 Å². The predicted molar refractivity (Wildman–Crippen MR) is 57.5 cm³/mol. The second-order valence-corrected chi connectivity index (χ2v) is 3.94. The van der Waals surface area contributed by atoms with Crippen LogP contribution in [0.5, 0.6) is 0 Å². The average Bonchev–Trinajstić information content (AvgIpc) is 2.21. The fourth-order valence-electron chi connectivity index (χ4n) is 0.952. The van der Waals surface area contributed by atoms with E-state index in [2.05, 4.69) is 21.2 Å². The van der Waals surface area contributed by atoms with E-state index < -0.39 is 23.5 Å². The minimum Gasteiger partial charge on any atom is -0.322 e. The molecule has 0 aliphatic rings. The molecule has 0 heterocycles. The lowest BCUT2D eigenvalue weighted by atomic mass is 10.2. The Balaban J connectivity index is 2.99. The molecule has 0 bridgehead atoms. The summed E-state index contributed by atoms with van der Waals surface area (Å²) in [5, 5.41) is 10.7. The summed E-state index contributed by atoms with van der Waals surface area (Å²) < 4.78 is 26.1. The summed E-state index contributed by atoms with van der Waals surface area (Å²) in [5.74, 6) is -3.20. The number of hydrogen-bond donors (Lipinski definition) is 1. The van der Waals surface area contributed by atoms with Crippen LogP contribution in [0, 0.1) is 28.9 Å². The monoisotopic (exact) mass is 288 g/mol. The number of nitrogens with zero attached hydrogens (tertiary/aromatic N) is 1. The number of anilines is 1. The standard InChI is InChI=1S/C10H7BrF2N2O/c1-5(4-14)10(16)15-9-7(11)2-6(12)3-8(9)13/h2-3,5H,1H3,(H,15,16). The molecule has 1 aromatic rings. The van der Waals surface area contributed by atoms with Crippen molar-refractivity contribution in [2.45, 2.75) is 6.92 Å². The number of amides is 1. The van der Waals surface area contributed by atoms with Crippen molar-refractivity contribution in [1.82, 2.24) is 0 Å². The van der Waals surface area contributed by atoms with Crippen molar-refractivity contribution in [3.05, 3.63) is 28.2 Å². The molecule has 6 heteroatoms. The third-order valence-corrected chi connectivity index (χ3v) is 2.47. The normalized spacial score (nSPS) is 11.7. The Bertz CT molecular complexity index is 447. The van der Waals surface area contributed by atoms with Gasteiger partial charge >= 0.3 is 0 Å². The molecule has 0 aliphatic heterocycles. The van der Waals surface area contributed by atoms with E-state index in [9.17, 15) is 13.6 Å². The SMILES string of the molecule is CC(C#N)C(=O)Nc1c(F)cc(F)cc1Br. The van der Waals surface area contributed by atoms with Gasteiger partial charge in [0.2, 0.25) is 5.91 Å². The smallest absolute Gasteiger partial charge is 0.241 e. The van der Waals surface area contributed by atoms with E-state index in [0.29, 0.717) is 6.07 Å². The van der Waals surface area contributed by atoms with E-state index in [1.54, 1.807) is 6.07 Å². The van der Waals surface area contributed by atoms with Gasteiger partial charge in [-0.1, -0.05) is 0 Å². The molecule has 0 fully saturated rings. The Morgan fingerprint density at radius 3 is 2.69 bits per heavy atom. The summed E-state index contributed by atoms with van der Waals surface area (Å²) >= 11 is 2.92. The molecule has 1 unspecified atom stereocenters. The lowest BCUT2D eigenvalue weighted by Gasteiger charge is -2.09. The van der Waals surface area contributed by atoms with Crippen LogP contribution in [0.15, 0.2) is 16.6 Å². The van der Waals surface area contributed by atoms with Crippen molar-refractivity contribution >= 4 is 27.5 Å². The van der Waals surface area contributed by atoms with Crippen LogP contribution in [0.2, 0.25) is 0 Å². The summed E-state index contributed by atoms with van der Waals surface area (Å²) in [7, 11) is 0. The minimum absolute atomic E-state index is 0.0866. The first-order valence-corrected chi connectivity index (χ1v) is 5.10. The Kier molecular flexibility index (Phi) is 3.96. The van der Waals surface area contributed by atoms with Gasteiger partial charge in [-0.05, 0) is 28.9 Å². The molecule has 1 N–H and O–H groups in total. The molecule has 3 nitrogen and oxygen atoms in total. The van der Waals surface area contributed by atoms with Crippen LogP contribution < -0.4 is 5.32 Å². The zero-order valence-corrected chi connectivity index (χ0v) is 9.81. The zero-order chi connectivity index (χ0) is 12.3. The van der Waals surface area contributed by atoms with Crippen molar-refractivity contribution in [1.29, 1.82) is 5.26 Å². The van der Waals surface area contributed by atoms with Crippen molar-refractivity contribution in [2.24, 2.45) is 5.92 Å². The molecule has 0 spiro atoms. The molecule has 0 saturated carbocycles. The zero-order valence-electron chi connectivity index (χ0n) is 8.22. The highest BCUT2D eigenvalue weighted by molar-refractivity contribution is 9.10. The lowest BCUT2D eigenvalue weighted by Crippen LogP contribution is -2.20. The number of hydrogen-bond acceptors (Lipinski definition) is 2. The van der Waals surface area contributed by atoms with Crippen molar-refractivity contribution < 1.29 is 13.6 Å². The highest BCUT2D eigenvalue weighted by atomic mass is 79.9. The highest BCUT2D eigenvalue weighted by Gasteiger charge is 2.16. The topological polar surface area (TPSA) is 52.9 Å². The van der Waals surface area contributed by atoms with Crippen LogP contribution in [0.3, 0.4) is 0 Å². The summed E-state index contributed by atoms with van der Waals surface area (Å²) in [4.78, 5) is 11.3. The fraction of sp³-hybridized carbons (Fsp3) is 0.200. The number of carbonyl (C=O) groups excluding carboxylic acids is 1. The fourth-order valence-corrected chi connectivity index (χ4v) is 1.46. The molecule has 1 amide bonds. The molecular formula is C10H7BrF2N2O. The van der Waals surface area contributed by atoms with Crippen molar-refractivity contribution in [3.63, 3.8) is 0 Å².